The molecule has 5 nitrogen and oxygen atoms in total. The minimum Gasteiger partial charge on any atom is -0.336 e. The Balaban J connectivity index is 1.88. The maximum Gasteiger partial charge on any atom is 0.199 e. The molecule has 1 aliphatic rings. The summed E-state index contributed by atoms with van der Waals surface area (Å²) < 4.78 is 0. The number of nitrogens with zero attached hydrogens (tertiary/aromatic N) is 2. The lowest BCUT2D eigenvalue weighted by Crippen LogP contribution is -2.61. The lowest BCUT2D eigenvalue weighted by molar-refractivity contribution is 0.585. The molecule has 0 aliphatic carbocycles. The molecule has 1 aromatic heterocycles. The van der Waals surface area contributed by atoms with Crippen molar-refractivity contribution >= 4 is 23.3 Å². The first-order valence-corrected chi connectivity index (χ1v) is 6.49. The van der Waals surface area contributed by atoms with Crippen LogP contribution in [-0.2, 0) is 6.42 Å². The molecular weight excluding hydrogens is 234 g/mol. The molecule has 92 valence electrons. The van der Waals surface area contributed by atoms with Gasteiger partial charge in [0.2, 0.25) is 0 Å². The summed E-state index contributed by atoms with van der Waals surface area (Å²) in [5.41, 5.74) is 0. The predicted octanol–water partition coefficient (Wildman–Crippen LogP) is 0.761. The molecule has 1 unspecified atom stereocenters. The zero-order chi connectivity index (χ0) is 12.1. The summed E-state index contributed by atoms with van der Waals surface area (Å²) in [6.07, 6.45) is 1.13. The molecule has 1 saturated heterocycles. The first-order valence-electron chi connectivity index (χ1n) is 5.61. The number of hydrogen-bond donors (Lipinski definition) is 3. The largest absolute Gasteiger partial charge is 0.336 e. The van der Waals surface area contributed by atoms with Crippen LogP contribution < -0.4 is 16.0 Å². The van der Waals surface area contributed by atoms with Gasteiger partial charge in [-0.1, -0.05) is 6.07 Å². The zero-order valence-electron chi connectivity index (χ0n) is 10.0. The van der Waals surface area contributed by atoms with E-state index in [-0.39, 0.29) is 6.17 Å². The third-order valence-corrected chi connectivity index (χ3v) is 3.31. The number of guanidine groups is 2. The molecular formula is C11H17N5S. The summed E-state index contributed by atoms with van der Waals surface area (Å²) in [6, 6.07) is 4.20. The summed E-state index contributed by atoms with van der Waals surface area (Å²) >= 11 is 1.77. The summed E-state index contributed by atoms with van der Waals surface area (Å²) in [5, 5.41) is 11.5. The molecule has 1 atom stereocenters. The molecule has 1 aromatic rings. The van der Waals surface area contributed by atoms with Crippen LogP contribution in [0.1, 0.15) is 11.8 Å². The van der Waals surface area contributed by atoms with E-state index in [9.17, 15) is 0 Å². The van der Waals surface area contributed by atoms with Gasteiger partial charge in [0, 0.05) is 24.9 Å². The Kier molecular flexibility index (Phi) is 3.98. The fourth-order valence-corrected chi connectivity index (χ4v) is 2.27. The molecule has 0 amide bonds. The summed E-state index contributed by atoms with van der Waals surface area (Å²) in [4.78, 5) is 9.93. The molecule has 0 bridgehead atoms. The molecule has 6 heteroatoms. The second kappa shape index (κ2) is 5.67. The van der Waals surface area contributed by atoms with Crippen molar-refractivity contribution in [2.45, 2.75) is 19.5 Å². The van der Waals surface area contributed by atoms with E-state index in [0.29, 0.717) is 0 Å². The van der Waals surface area contributed by atoms with Crippen LogP contribution in [0, 0.1) is 0 Å². The molecule has 1 fully saturated rings. The van der Waals surface area contributed by atoms with E-state index in [1.807, 2.05) is 6.92 Å². The summed E-state index contributed by atoms with van der Waals surface area (Å²) in [7, 11) is 1.75. The fourth-order valence-electron chi connectivity index (χ4n) is 1.57. The number of nitrogens with one attached hydrogen (secondary N) is 3. The van der Waals surface area contributed by atoms with Gasteiger partial charge in [-0.2, -0.15) is 0 Å². The minimum atomic E-state index is 0.149. The van der Waals surface area contributed by atoms with E-state index in [1.165, 1.54) is 4.88 Å². The van der Waals surface area contributed by atoms with Gasteiger partial charge in [0.05, 0.1) is 6.17 Å². The molecule has 1 aliphatic heterocycles. The van der Waals surface area contributed by atoms with Crippen LogP contribution >= 0.6 is 11.3 Å². The standard InChI is InChI=1S/C11H17N5S/c1-8-14-10(12-2)16-11(15-8)13-6-5-9-4-3-7-17-9/h3-4,7-8H,5-6H2,1-2H3,(H3,12,13,14,15,16). The summed E-state index contributed by atoms with van der Waals surface area (Å²) in [6.45, 7) is 2.81. The van der Waals surface area contributed by atoms with Crippen molar-refractivity contribution in [2.24, 2.45) is 9.98 Å². The Labute approximate surface area is 105 Å². The van der Waals surface area contributed by atoms with Gasteiger partial charge >= 0.3 is 0 Å². The third kappa shape index (κ3) is 3.45. The topological polar surface area (TPSA) is 60.8 Å². The number of hydrogen-bond acceptors (Lipinski definition) is 3. The average Bonchev–Trinajstić information content (AvgIpc) is 2.81. The van der Waals surface area contributed by atoms with Gasteiger partial charge < -0.3 is 10.6 Å². The van der Waals surface area contributed by atoms with Gasteiger partial charge in [0.15, 0.2) is 11.9 Å². The van der Waals surface area contributed by atoms with E-state index < -0.39 is 0 Å². The maximum atomic E-state index is 4.49. The SMILES string of the molecule is CN=C1NC(=NCCc2cccs2)NC(C)N1. The highest BCUT2D eigenvalue weighted by molar-refractivity contribution is 7.09. The fraction of sp³-hybridized carbons (Fsp3) is 0.455. The molecule has 0 spiro atoms. The zero-order valence-corrected chi connectivity index (χ0v) is 10.8. The first-order chi connectivity index (χ1) is 8.28. The molecule has 0 radical (unpaired) electrons. The van der Waals surface area contributed by atoms with Crippen LogP contribution in [0.4, 0.5) is 0 Å². The van der Waals surface area contributed by atoms with Gasteiger partial charge in [-0.15, -0.1) is 11.3 Å². The molecule has 3 N–H and O–H groups in total. The van der Waals surface area contributed by atoms with Gasteiger partial charge in [0.1, 0.15) is 0 Å². The second-order valence-electron chi connectivity index (χ2n) is 3.77. The molecule has 17 heavy (non-hydrogen) atoms. The molecule has 0 saturated carbocycles. The van der Waals surface area contributed by atoms with Crippen molar-refractivity contribution in [3.8, 4) is 0 Å². The highest BCUT2D eigenvalue weighted by Crippen LogP contribution is 2.08. The number of thiophene rings is 1. The van der Waals surface area contributed by atoms with E-state index in [0.717, 1.165) is 24.9 Å². The monoisotopic (exact) mass is 251 g/mol. The third-order valence-electron chi connectivity index (χ3n) is 2.38. The van der Waals surface area contributed by atoms with Gasteiger partial charge in [-0.05, 0) is 18.4 Å². The van der Waals surface area contributed by atoms with E-state index in [2.05, 4.69) is 43.4 Å². The number of rotatable bonds is 3. The Morgan fingerprint density at radius 2 is 2.18 bits per heavy atom. The average molecular weight is 251 g/mol. The normalized spacial score (nSPS) is 24.2. The van der Waals surface area contributed by atoms with Crippen LogP contribution in [0.2, 0.25) is 0 Å². The summed E-state index contributed by atoms with van der Waals surface area (Å²) in [5.74, 6) is 1.54. The van der Waals surface area contributed by atoms with Crippen molar-refractivity contribution in [2.75, 3.05) is 13.6 Å². The van der Waals surface area contributed by atoms with Crippen molar-refractivity contribution in [3.05, 3.63) is 22.4 Å². The van der Waals surface area contributed by atoms with Gasteiger partial charge in [-0.3, -0.25) is 15.3 Å². The molecule has 0 aromatic carbocycles. The van der Waals surface area contributed by atoms with Crippen LogP contribution in [0.15, 0.2) is 27.5 Å². The lowest BCUT2D eigenvalue weighted by Gasteiger charge is -2.27. The van der Waals surface area contributed by atoms with Gasteiger partial charge in [0.25, 0.3) is 0 Å². The van der Waals surface area contributed by atoms with Crippen molar-refractivity contribution < 1.29 is 0 Å². The van der Waals surface area contributed by atoms with Crippen molar-refractivity contribution in [1.82, 2.24) is 16.0 Å². The van der Waals surface area contributed by atoms with E-state index in [4.69, 9.17) is 0 Å². The predicted molar refractivity (Wildman–Crippen MR) is 72.6 cm³/mol. The Morgan fingerprint density at radius 3 is 2.88 bits per heavy atom. The quantitative estimate of drug-likeness (QED) is 0.743. The van der Waals surface area contributed by atoms with Crippen LogP contribution in [0.5, 0.6) is 0 Å². The Bertz CT molecular complexity index is 410. The van der Waals surface area contributed by atoms with Crippen LogP contribution in [0.25, 0.3) is 0 Å². The Morgan fingerprint density at radius 1 is 1.35 bits per heavy atom. The Hall–Kier alpha value is -1.56. The smallest absolute Gasteiger partial charge is 0.199 e. The highest BCUT2D eigenvalue weighted by atomic mass is 32.1. The highest BCUT2D eigenvalue weighted by Gasteiger charge is 2.14. The van der Waals surface area contributed by atoms with E-state index in [1.54, 1.807) is 18.4 Å². The molecule has 2 heterocycles. The minimum absolute atomic E-state index is 0.149. The van der Waals surface area contributed by atoms with E-state index >= 15 is 0 Å². The van der Waals surface area contributed by atoms with Crippen LogP contribution in [-0.4, -0.2) is 31.7 Å². The second-order valence-corrected chi connectivity index (χ2v) is 4.80. The molecule has 2 rings (SSSR count). The van der Waals surface area contributed by atoms with Crippen LogP contribution in [0.3, 0.4) is 0 Å². The first kappa shape index (κ1) is 11.9. The lowest BCUT2D eigenvalue weighted by atomic mass is 10.3. The van der Waals surface area contributed by atoms with Crippen molar-refractivity contribution in [1.29, 1.82) is 0 Å². The van der Waals surface area contributed by atoms with Crippen molar-refractivity contribution in [3.63, 3.8) is 0 Å². The number of aliphatic imine (C=N–C) groups is 2. The van der Waals surface area contributed by atoms with Gasteiger partial charge in [-0.25, -0.2) is 0 Å². The maximum absolute atomic E-state index is 4.49.